The Balaban J connectivity index is 2.50. The summed E-state index contributed by atoms with van der Waals surface area (Å²) in [5.74, 6) is -2.66. The SMILES string of the molecule is NC(=O)C[C@@H](NC(=O)C1CNCCO1)C(=O)O. The van der Waals surface area contributed by atoms with Crippen LogP contribution in [0.2, 0.25) is 0 Å². The van der Waals surface area contributed by atoms with Gasteiger partial charge in [-0.15, -0.1) is 0 Å². The number of amides is 2. The summed E-state index contributed by atoms with van der Waals surface area (Å²) in [4.78, 5) is 33.0. The molecule has 0 spiro atoms. The maximum atomic E-state index is 11.6. The summed E-state index contributed by atoms with van der Waals surface area (Å²) in [5, 5.41) is 13.9. The first-order valence-corrected chi connectivity index (χ1v) is 5.14. The second-order valence-corrected chi connectivity index (χ2v) is 3.63. The number of hydrogen-bond donors (Lipinski definition) is 4. The van der Waals surface area contributed by atoms with Gasteiger partial charge in [0.1, 0.15) is 12.1 Å². The van der Waals surface area contributed by atoms with Crippen LogP contribution in [0.4, 0.5) is 0 Å². The van der Waals surface area contributed by atoms with Crippen molar-refractivity contribution < 1.29 is 24.2 Å². The number of nitrogens with one attached hydrogen (secondary N) is 2. The summed E-state index contributed by atoms with van der Waals surface area (Å²) in [5.41, 5.74) is 4.89. The van der Waals surface area contributed by atoms with Gasteiger partial charge in [-0.25, -0.2) is 4.79 Å². The first kappa shape index (κ1) is 13.4. The van der Waals surface area contributed by atoms with Crippen molar-refractivity contribution in [3.63, 3.8) is 0 Å². The number of ether oxygens (including phenoxy) is 1. The molecule has 8 heteroatoms. The minimum Gasteiger partial charge on any atom is -0.480 e. The normalized spacial score (nSPS) is 21.5. The molecule has 0 aromatic rings. The van der Waals surface area contributed by atoms with Crippen LogP contribution in [0.25, 0.3) is 0 Å². The van der Waals surface area contributed by atoms with Gasteiger partial charge in [0.25, 0.3) is 5.91 Å². The lowest BCUT2D eigenvalue weighted by Gasteiger charge is -2.24. The Kier molecular flexibility index (Phi) is 4.85. The predicted molar refractivity (Wildman–Crippen MR) is 56.0 cm³/mol. The Hall–Kier alpha value is -1.67. The lowest BCUT2D eigenvalue weighted by Crippen LogP contribution is -2.52. The zero-order valence-corrected chi connectivity index (χ0v) is 9.14. The highest BCUT2D eigenvalue weighted by molar-refractivity contribution is 5.89. The molecule has 1 saturated heterocycles. The van der Waals surface area contributed by atoms with Gasteiger partial charge in [-0.1, -0.05) is 0 Å². The number of hydrogen-bond acceptors (Lipinski definition) is 5. The van der Waals surface area contributed by atoms with Gasteiger partial charge < -0.3 is 26.2 Å². The number of carboxylic acids is 1. The van der Waals surface area contributed by atoms with Crippen molar-refractivity contribution in [2.24, 2.45) is 5.73 Å². The molecule has 0 aromatic heterocycles. The Labute approximate surface area is 97.5 Å². The van der Waals surface area contributed by atoms with Crippen LogP contribution in [0.3, 0.4) is 0 Å². The number of nitrogens with two attached hydrogens (primary N) is 1. The van der Waals surface area contributed by atoms with Crippen molar-refractivity contribution in [2.75, 3.05) is 19.7 Å². The molecule has 1 aliphatic heterocycles. The van der Waals surface area contributed by atoms with Gasteiger partial charge in [0.2, 0.25) is 5.91 Å². The number of carbonyl (C=O) groups excluding carboxylic acids is 2. The summed E-state index contributed by atoms with van der Waals surface area (Å²) in [6.07, 6.45) is -1.18. The summed E-state index contributed by atoms with van der Waals surface area (Å²) < 4.78 is 5.14. The van der Waals surface area contributed by atoms with E-state index in [1.807, 2.05) is 0 Å². The van der Waals surface area contributed by atoms with E-state index in [-0.39, 0.29) is 0 Å². The van der Waals surface area contributed by atoms with Crippen molar-refractivity contribution in [1.29, 1.82) is 0 Å². The zero-order valence-electron chi connectivity index (χ0n) is 9.14. The quantitative estimate of drug-likeness (QED) is 0.421. The Morgan fingerprint density at radius 1 is 1.53 bits per heavy atom. The Morgan fingerprint density at radius 3 is 2.71 bits per heavy atom. The van der Waals surface area contributed by atoms with Gasteiger partial charge >= 0.3 is 5.97 Å². The molecule has 5 N–H and O–H groups in total. The maximum Gasteiger partial charge on any atom is 0.326 e. The third-order valence-corrected chi connectivity index (χ3v) is 2.24. The lowest BCUT2D eigenvalue weighted by molar-refractivity contribution is -0.146. The fourth-order valence-corrected chi connectivity index (χ4v) is 1.40. The Bertz CT molecular complexity index is 314. The largest absolute Gasteiger partial charge is 0.480 e. The molecule has 2 amide bonds. The topological polar surface area (TPSA) is 131 Å². The molecule has 17 heavy (non-hydrogen) atoms. The van der Waals surface area contributed by atoms with Crippen LogP contribution < -0.4 is 16.4 Å². The second-order valence-electron chi connectivity index (χ2n) is 3.63. The average Bonchev–Trinajstić information content (AvgIpc) is 2.28. The third-order valence-electron chi connectivity index (χ3n) is 2.24. The molecule has 1 aliphatic rings. The van der Waals surface area contributed by atoms with Crippen LogP contribution >= 0.6 is 0 Å². The monoisotopic (exact) mass is 245 g/mol. The van der Waals surface area contributed by atoms with E-state index in [0.717, 1.165) is 0 Å². The van der Waals surface area contributed by atoms with E-state index >= 15 is 0 Å². The van der Waals surface area contributed by atoms with E-state index in [1.54, 1.807) is 0 Å². The molecular formula is C9H15N3O5. The highest BCUT2D eigenvalue weighted by Crippen LogP contribution is 1.99. The van der Waals surface area contributed by atoms with E-state index in [2.05, 4.69) is 10.6 Å². The predicted octanol–water partition coefficient (Wildman–Crippen LogP) is -2.58. The van der Waals surface area contributed by atoms with Gasteiger partial charge in [0.15, 0.2) is 0 Å². The molecule has 0 aliphatic carbocycles. The minimum atomic E-state index is -1.31. The van der Waals surface area contributed by atoms with Crippen LogP contribution in [-0.4, -0.2) is 54.7 Å². The van der Waals surface area contributed by atoms with E-state index in [4.69, 9.17) is 15.6 Å². The molecule has 1 heterocycles. The summed E-state index contributed by atoms with van der Waals surface area (Å²) in [6, 6.07) is -1.31. The fraction of sp³-hybridized carbons (Fsp3) is 0.667. The molecular weight excluding hydrogens is 230 g/mol. The maximum absolute atomic E-state index is 11.6. The highest BCUT2D eigenvalue weighted by Gasteiger charge is 2.27. The number of carbonyl (C=O) groups is 3. The van der Waals surface area contributed by atoms with Crippen LogP contribution in [0.15, 0.2) is 0 Å². The fourth-order valence-electron chi connectivity index (χ4n) is 1.40. The highest BCUT2D eigenvalue weighted by atomic mass is 16.5. The van der Waals surface area contributed by atoms with E-state index in [9.17, 15) is 14.4 Å². The molecule has 2 atom stereocenters. The van der Waals surface area contributed by atoms with Crippen molar-refractivity contribution in [3.8, 4) is 0 Å². The number of carboxylic acid groups (broad SMARTS) is 1. The molecule has 0 saturated carbocycles. The van der Waals surface area contributed by atoms with Gasteiger partial charge in [-0.05, 0) is 0 Å². The standard InChI is InChI=1S/C9H15N3O5/c10-7(13)3-5(9(15)16)12-8(14)6-4-11-1-2-17-6/h5-6,11H,1-4H2,(H2,10,13)(H,12,14)(H,15,16)/t5-,6?/m1/s1. The molecule has 1 fully saturated rings. The number of morpholine rings is 1. The molecule has 0 aromatic carbocycles. The second kappa shape index (κ2) is 6.16. The summed E-state index contributed by atoms with van der Waals surface area (Å²) in [7, 11) is 0. The third kappa shape index (κ3) is 4.37. The molecule has 1 rings (SSSR count). The van der Waals surface area contributed by atoms with E-state index in [1.165, 1.54) is 0 Å². The average molecular weight is 245 g/mol. The zero-order chi connectivity index (χ0) is 12.8. The van der Waals surface area contributed by atoms with Crippen molar-refractivity contribution in [1.82, 2.24) is 10.6 Å². The van der Waals surface area contributed by atoms with Crippen LogP contribution in [0.1, 0.15) is 6.42 Å². The van der Waals surface area contributed by atoms with Gasteiger partial charge in [-0.3, -0.25) is 9.59 Å². The van der Waals surface area contributed by atoms with Gasteiger partial charge in [0.05, 0.1) is 13.0 Å². The van der Waals surface area contributed by atoms with Crippen LogP contribution in [-0.2, 0) is 19.1 Å². The summed E-state index contributed by atoms with van der Waals surface area (Å²) >= 11 is 0. The first-order chi connectivity index (χ1) is 8.00. The molecule has 0 bridgehead atoms. The van der Waals surface area contributed by atoms with Crippen molar-refractivity contribution in [2.45, 2.75) is 18.6 Å². The smallest absolute Gasteiger partial charge is 0.326 e. The first-order valence-electron chi connectivity index (χ1n) is 5.14. The van der Waals surface area contributed by atoms with Gasteiger partial charge in [0, 0.05) is 13.1 Å². The molecule has 96 valence electrons. The lowest BCUT2D eigenvalue weighted by atomic mass is 10.2. The minimum absolute atomic E-state index is 0.314. The van der Waals surface area contributed by atoms with Crippen molar-refractivity contribution in [3.05, 3.63) is 0 Å². The van der Waals surface area contributed by atoms with Crippen molar-refractivity contribution >= 4 is 17.8 Å². The molecule has 0 radical (unpaired) electrons. The van der Waals surface area contributed by atoms with E-state index in [0.29, 0.717) is 19.7 Å². The number of aliphatic carboxylic acids is 1. The number of rotatable bonds is 5. The number of primary amides is 1. The van der Waals surface area contributed by atoms with Crippen LogP contribution in [0.5, 0.6) is 0 Å². The summed E-state index contributed by atoms with van der Waals surface area (Å²) in [6.45, 7) is 1.34. The van der Waals surface area contributed by atoms with Crippen LogP contribution in [0, 0.1) is 0 Å². The van der Waals surface area contributed by atoms with E-state index < -0.39 is 36.4 Å². The van der Waals surface area contributed by atoms with Gasteiger partial charge in [-0.2, -0.15) is 0 Å². The Morgan fingerprint density at radius 2 is 2.24 bits per heavy atom. The molecule has 1 unspecified atom stereocenters. The molecule has 8 nitrogen and oxygen atoms in total.